The van der Waals surface area contributed by atoms with Crippen LogP contribution in [-0.2, 0) is 0 Å². The van der Waals surface area contributed by atoms with Crippen molar-refractivity contribution in [2.24, 2.45) is 0 Å². The van der Waals surface area contributed by atoms with E-state index in [-0.39, 0.29) is 0 Å². The molecule has 4 aromatic rings. The van der Waals surface area contributed by atoms with E-state index in [1.54, 1.807) is 6.26 Å². The molecule has 0 amide bonds. The summed E-state index contributed by atoms with van der Waals surface area (Å²) < 4.78 is 5.71. The maximum atomic E-state index is 6.33. The monoisotopic (exact) mass is 278 g/mol. The molecule has 0 N–H and O–H groups in total. The normalized spacial score (nSPS) is 11.2. The van der Waals surface area contributed by atoms with Gasteiger partial charge in [-0.1, -0.05) is 60.1 Å². The van der Waals surface area contributed by atoms with Crippen LogP contribution < -0.4 is 0 Å². The van der Waals surface area contributed by atoms with E-state index in [1.165, 1.54) is 10.8 Å². The molecule has 0 aliphatic carbocycles. The van der Waals surface area contributed by atoms with E-state index in [2.05, 4.69) is 18.2 Å². The minimum atomic E-state index is 0.739. The van der Waals surface area contributed by atoms with Crippen LogP contribution in [0.5, 0.6) is 0 Å². The minimum Gasteiger partial charge on any atom is -0.464 e. The van der Waals surface area contributed by atoms with Crippen molar-refractivity contribution >= 4 is 33.3 Å². The molecule has 2 heteroatoms. The maximum absolute atomic E-state index is 6.33. The molecule has 1 aromatic heterocycles. The molecule has 0 fully saturated rings. The van der Waals surface area contributed by atoms with Crippen molar-refractivity contribution in [3.05, 3.63) is 71.9 Å². The summed E-state index contributed by atoms with van der Waals surface area (Å²) in [4.78, 5) is 0. The van der Waals surface area contributed by atoms with Crippen molar-refractivity contribution in [2.75, 3.05) is 0 Å². The van der Waals surface area contributed by atoms with Crippen LogP contribution in [0.1, 0.15) is 0 Å². The molecule has 0 atom stereocenters. The average molecular weight is 279 g/mol. The molecule has 0 saturated carbocycles. The fourth-order valence-corrected chi connectivity index (χ4v) is 2.92. The Morgan fingerprint density at radius 2 is 1.55 bits per heavy atom. The third kappa shape index (κ3) is 1.64. The third-order valence-electron chi connectivity index (χ3n) is 3.63. The Morgan fingerprint density at radius 1 is 0.750 bits per heavy atom. The Bertz CT molecular complexity index is 921. The fraction of sp³-hybridized carbons (Fsp3) is 0. The van der Waals surface area contributed by atoms with Crippen molar-refractivity contribution in [1.82, 2.24) is 0 Å². The number of halogens is 1. The zero-order valence-corrected chi connectivity index (χ0v) is 11.4. The van der Waals surface area contributed by atoms with E-state index in [4.69, 9.17) is 16.0 Å². The first-order chi connectivity index (χ1) is 9.84. The van der Waals surface area contributed by atoms with Crippen LogP contribution in [0.25, 0.3) is 32.9 Å². The Balaban J connectivity index is 2.16. The number of rotatable bonds is 1. The predicted molar refractivity (Wildman–Crippen MR) is 84.2 cm³/mol. The number of benzene rings is 3. The quantitative estimate of drug-likeness (QED) is 0.422. The molecule has 96 valence electrons. The van der Waals surface area contributed by atoms with Gasteiger partial charge in [0.05, 0.1) is 6.26 Å². The van der Waals surface area contributed by atoms with Crippen molar-refractivity contribution in [3.63, 3.8) is 0 Å². The highest BCUT2D eigenvalue weighted by atomic mass is 35.5. The zero-order valence-electron chi connectivity index (χ0n) is 10.6. The summed E-state index contributed by atoms with van der Waals surface area (Å²) in [5, 5.41) is 4.25. The van der Waals surface area contributed by atoms with Crippen LogP contribution >= 0.6 is 11.6 Å². The lowest BCUT2D eigenvalue weighted by atomic mass is 9.99. The van der Waals surface area contributed by atoms with Gasteiger partial charge >= 0.3 is 0 Å². The van der Waals surface area contributed by atoms with Crippen molar-refractivity contribution in [2.45, 2.75) is 0 Å². The van der Waals surface area contributed by atoms with E-state index in [0.29, 0.717) is 0 Å². The van der Waals surface area contributed by atoms with Crippen LogP contribution in [0, 0.1) is 0 Å². The first-order valence-electron chi connectivity index (χ1n) is 6.48. The lowest BCUT2D eigenvalue weighted by molar-refractivity contribution is 0.617. The van der Waals surface area contributed by atoms with Crippen LogP contribution in [0.3, 0.4) is 0 Å². The SMILES string of the molecule is Clc1ccccc1-c1coc2ccc3ccccc3c12. The van der Waals surface area contributed by atoms with Gasteiger partial charge in [-0.05, 0) is 22.9 Å². The topological polar surface area (TPSA) is 13.1 Å². The van der Waals surface area contributed by atoms with Gasteiger partial charge in [0.25, 0.3) is 0 Å². The van der Waals surface area contributed by atoms with E-state index < -0.39 is 0 Å². The van der Waals surface area contributed by atoms with Gasteiger partial charge in [0, 0.05) is 21.5 Å². The first kappa shape index (κ1) is 11.6. The van der Waals surface area contributed by atoms with Crippen LogP contribution in [0.4, 0.5) is 0 Å². The molecule has 1 heterocycles. The van der Waals surface area contributed by atoms with Gasteiger partial charge < -0.3 is 4.42 Å². The van der Waals surface area contributed by atoms with Crippen LogP contribution in [-0.4, -0.2) is 0 Å². The Hall–Kier alpha value is -2.25. The Kier molecular flexibility index (Phi) is 2.54. The second-order valence-corrected chi connectivity index (χ2v) is 5.20. The number of furan rings is 1. The third-order valence-corrected chi connectivity index (χ3v) is 3.96. The summed E-state index contributed by atoms with van der Waals surface area (Å²) in [6.07, 6.45) is 1.79. The highest BCUT2D eigenvalue weighted by Crippen LogP contribution is 2.38. The molecule has 4 rings (SSSR count). The molecule has 0 aliphatic rings. The molecule has 3 aromatic carbocycles. The lowest BCUT2D eigenvalue weighted by Crippen LogP contribution is -1.79. The molecule has 20 heavy (non-hydrogen) atoms. The summed E-state index contributed by atoms with van der Waals surface area (Å²) >= 11 is 6.33. The summed E-state index contributed by atoms with van der Waals surface area (Å²) in [6.45, 7) is 0. The smallest absolute Gasteiger partial charge is 0.135 e. The van der Waals surface area contributed by atoms with Crippen LogP contribution in [0.15, 0.2) is 71.3 Å². The van der Waals surface area contributed by atoms with Gasteiger partial charge in [0.2, 0.25) is 0 Å². The zero-order chi connectivity index (χ0) is 13.5. The second-order valence-electron chi connectivity index (χ2n) is 4.79. The van der Waals surface area contributed by atoms with E-state index in [9.17, 15) is 0 Å². The molecule has 0 bridgehead atoms. The molecular weight excluding hydrogens is 268 g/mol. The van der Waals surface area contributed by atoms with E-state index in [0.717, 1.165) is 27.1 Å². The van der Waals surface area contributed by atoms with Crippen molar-refractivity contribution < 1.29 is 4.42 Å². The summed E-state index contributed by atoms with van der Waals surface area (Å²) in [5.41, 5.74) is 2.94. The molecule has 0 spiro atoms. The highest BCUT2D eigenvalue weighted by Gasteiger charge is 2.13. The predicted octanol–water partition coefficient (Wildman–Crippen LogP) is 5.91. The first-order valence-corrected chi connectivity index (χ1v) is 6.86. The molecule has 0 radical (unpaired) electrons. The van der Waals surface area contributed by atoms with Crippen LogP contribution in [0.2, 0.25) is 5.02 Å². The maximum Gasteiger partial charge on any atom is 0.135 e. The molecular formula is C18H11ClO. The van der Waals surface area contributed by atoms with Crippen molar-refractivity contribution in [3.8, 4) is 11.1 Å². The molecule has 0 aliphatic heterocycles. The molecule has 0 saturated heterocycles. The van der Waals surface area contributed by atoms with Gasteiger partial charge in [0.15, 0.2) is 0 Å². The van der Waals surface area contributed by atoms with Crippen molar-refractivity contribution in [1.29, 1.82) is 0 Å². The minimum absolute atomic E-state index is 0.739. The summed E-state index contributed by atoms with van der Waals surface area (Å²) in [5.74, 6) is 0. The van der Waals surface area contributed by atoms with Gasteiger partial charge in [-0.25, -0.2) is 0 Å². The number of fused-ring (bicyclic) bond motifs is 3. The largest absolute Gasteiger partial charge is 0.464 e. The standard InChI is InChI=1S/C18H11ClO/c19-16-8-4-3-7-14(16)15-11-20-17-10-9-12-5-1-2-6-13(12)18(15)17/h1-11H. The van der Waals surface area contributed by atoms with E-state index in [1.807, 2.05) is 42.5 Å². The average Bonchev–Trinajstić information content (AvgIpc) is 2.92. The number of hydrogen-bond donors (Lipinski definition) is 0. The Labute approximate surface area is 121 Å². The molecule has 0 unspecified atom stereocenters. The van der Waals surface area contributed by atoms with Gasteiger partial charge in [0.1, 0.15) is 5.58 Å². The summed E-state index contributed by atoms with van der Waals surface area (Å²) in [7, 11) is 0. The number of hydrogen-bond acceptors (Lipinski definition) is 1. The highest BCUT2D eigenvalue weighted by molar-refractivity contribution is 6.34. The van der Waals surface area contributed by atoms with Gasteiger partial charge in [-0.2, -0.15) is 0 Å². The van der Waals surface area contributed by atoms with Gasteiger partial charge in [-0.15, -0.1) is 0 Å². The molecule has 1 nitrogen and oxygen atoms in total. The van der Waals surface area contributed by atoms with E-state index >= 15 is 0 Å². The summed E-state index contributed by atoms with van der Waals surface area (Å²) in [6, 6.07) is 20.3. The fourth-order valence-electron chi connectivity index (χ4n) is 2.69. The Morgan fingerprint density at radius 3 is 2.45 bits per heavy atom. The lowest BCUT2D eigenvalue weighted by Gasteiger charge is -2.04. The van der Waals surface area contributed by atoms with Gasteiger partial charge in [-0.3, -0.25) is 0 Å². The second kappa shape index (κ2) is 4.39.